The molecule has 0 saturated heterocycles. The molecule has 1 unspecified atom stereocenters. The van der Waals surface area contributed by atoms with Crippen molar-refractivity contribution in [3.63, 3.8) is 0 Å². The normalized spacial score (nSPS) is 17.5. The lowest BCUT2D eigenvalue weighted by molar-refractivity contribution is 0.250. The Balaban J connectivity index is 2.28. The van der Waals surface area contributed by atoms with Crippen LogP contribution in [0.1, 0.15) is 56.0 Å². The molecule has 0 amide bonds. The standard InChI is InChI=1S/C12H18N4O/c1-9(6-8-17)16-12(10-3-2-4-10)11(5-7-13)14-15-16/h9-10,17H,2-6,8H2,1H3. The zero-order valence-corrected chi connectivity index (χ0v) is 10.1. The molecule has 1 aromatic rings. The predicted molar refractivity (Wildman–Crippen MR) is 62.3 cm³/mol. The average Bonchev–Trinajstić information content (AvgIpc) is 2.61. The van der Waals surface area contributed by atoms with Crippen LogP contribution in [0.3, 0.4) is 0 Å². The van der Waals surface area contributed by atoms with Gasteiger partial charge in [0.1, 0.15) is 5.69 Å². The fourth-order valence-electron chi connectivity index (χ4n) is 2.27. The van der Waals surface area contributed by atoms with E-state index in [0.29, 0.717) is 18.8 Å². The van der Waals surface area contributed by atoms with Gasteiger partial charge < -0.3 is 5.11 Å². The van der Waals surface area contributed by atoms with E-state index in [4.69, 9.17) is 10.4 Å². The first-order valence-electron chi connectivity index (χ1n) is 6.19. The molecule has 2 rings (SSSR count). The molecule has 0 aromatic carbocycles. The molecular weight excluding hydrogens is 216 g/mol. The van der Waals surface area contributed by atoms with Crippen molar-refractivity contribution in [1.82, 2.24) is 15.0 Å². The Morgan fingerprint density at radius 3 is 2.88 bits per heavy atom. The second-order valence-corrected chi connectivity index (χ2v) is 4.69. The number of aliphatic hydroxyl groups is 1. The van der Waals surface area contributed by atoms with Crippen LogP contribution in [0.15, 0.2) is 0 Å². The molecule has 0 spiro atoms. The number of rotatable bonds is 5. The van der Waals surface area contributed by atoms with E-state index in [2.05, 4.69) is 16.4 Å². The molecule has 0 aliphatic heterocycles. The molecule has 1 heterocycles. The highest BCUT2D eigenvalue weighted by atomic mass is 16.3. The first-order chi connectivity index (χ1) is 8.27. The molecule has 1 saturated carbocycles. The Morgan fingerprint density at radius 1 is 1.59 bits per heavy atom. The Labute approximate surface area is 101 Å². The number of aromatic nitrogens is 3. The molecule has 1 aliphatic carbocycles. The predicted octanol–water partition coefficient (Wildman–Crippen LogP) is 1.56. The fourth-order valence-corrected chi connectivity index (χ4v) is 2.27. The van der Waals surface area contributed by atoms with E-state index in [1.165, 1.54) is 6.42 Å². The zero-order chi connectivity index (χ0) is 12.3. The lowest BCUT2D eigenvalue weighted by Gasteiger charge is -2.28. The molecule has 1 fully saturated rings. The molecule has 1 aliphatic rings. The maximum absolute atomic E-state index is 8.99. The molecule has 1 N–H and O–H groups in total. The third kappa shape index (κ3) is 2.32. The van der Waals surface area contributed by atoms with Gasteiger partial charge in [0.2, 0.25) is 0 Å². The Hall–Kier alpha value is -1.41. The number of hydrogen-bond donors (Lipinski definition) is 1. The van der Waals surface area contributed by atoms with Crippen LogP contribution in [0.4, 0.5) is 0 Å². The van der Waals surface area contributed by atoms with Gasteiger partial charge in [0.05, 0.1) is 24.2 Å². The van der Waals surface area contributed by atoms with Gasteiger partial charge in [0.15, 0.2) is 0 Å². The third-order valence-electron chi connectivity index (χ3n) is 3.51. The summed E-state index contributed by atoms with van der Waals surface area (Å²) >= 11 is 0. The largest absolute Gasteiger partial charge is 0.396 e. The Morgan fingerprint density at radius 2 is 2.35 bits per heavy atom. The maximum atomic E-state index is 8.99. The van der Waals surface area contributed by atoms with Gasteiger partial charge in [-0.3, -0.25) is 0 Å². The number of hydrogen-bond acceptors (Lipinski definition) is 4. The van der Waals surface area contributed by atoms with E-state index in [9.17, 15) is 0 Å². The zero-order valence-electron chi connectivity index (χ0n) is 10.1. The highest BCUT2D eigenvalue weighted by molar-refractivity contribution is 5.21. The molecule has 1 atom stereocenters. The van der Waals surface area contributed by atoms with Crippen molar-refractivity contribution in [3.8, 4) is 6.07 Å². The summed E-state index contributed by atoms with van der Waals surface area (Å²) in [7, 11) is 0. The average molecular weight is 234 g/mol. The topological polar surface area (TPSA) is 74.7 Å². The van der Waals surface area contributed by atoms with E-state index in [1.807, 2.05) is 11.6 Å². The third-order valence-corrected chi connectivity index (χ3v) is 3.51. The van der Waals surface area contributed by atoms with Gasteiger partial charge in [-0.05, 0) is 26.2 Å². The molecule has 0 bridgehead atoms. The van der Waals surface area contributed by atoms with Gasteiger partial charge in [-0.1, -0.05) is 11.6 Å². The van der Waals surface area contributed by atoms with Crippen LogP contribution in [-0.2, 0) is 6.42 Å². The molecular formula is C12H18N4O. The van der Waals surface area contributed by atoms with Gasteiger partial charge in [-0.15, -0.1) is 5.10 Å². The molecule has 0 radical (unpaired) electrons. The number of aliphatic hydroxyl groups excluding tert-OH is 1. The lowest BCUT2D eigenvalue weighted by Crippen LogP contribution is -2.19. The van der Waals surface area contributed by atoms with E-state index >= 15 is 0 Å². The smallest absolute Gasteiger partial charge is 0.100 e. The van der Waals surface area contributed by atoms with Crippen LogP contribution in [0.2, 0.25) is 0 Å². The van der Waals surface area contributed by atoms with Crippen molar-refractivity contribution in [2.75, 3.05) is 6.61 Å². The highest BCUT2D eigenvalue weighted by Crippen LogP contribution is 2.38. The maximum Gasteiger partial charge on any atom is 0.100 e. The molecule has 17 heavy (non-hydrogen) atoms. The monoisotopic (exact) mass is 234 g/mol. The van der Waals surface area contributed by atoms with Gasteiger partial charge in [-0.2, -0.15) is 5.26 Å². The van der Waals surface area contributed by atoms with Crippen molar-refractivity contribution in [3.05, 3.63) is 11.4 Å². The van der Waals surface area contributed by atoms with Gasteiger partial charge >= 0.3 is 0 Å². The van der Waals surface area contributed by atoms with Crippen LogP contribution < -0.4 is 0 Å². The van der Waals surface area contributed by atoms with Crippen LogP contribution in [-0.4, -0.2) is 26.7 Å². The van der Waals surface area contributed by atoms with Crippen LogP contribution >= 0.6 is 0 Å². The molecule has 5 nitrogen and oxygen atoms in total. The van der Waals surface area contributed by atoms with Crippen LogP contribution in [0, 0.1) is 11.3 Å². The van der Waals surface area contributed by atoms with E-state index < -0.39 is 0 Å². The summed E-state index contributed by atoms with van der Waals surface area (Å²) in [4.78, 5) is 0. The summed E-state index contributed by atoms with van der Waals surface area (Å²) in [5.74, 6) is 0.509. The molecule has 92 valence electrons. The summed E-state index contributed by atoms with van der Waals surface area (Å²) in [6.07, 6.45) is 4.58. The van der Waals surface area contributed by atoms with Crippen molar-refractivity contribution in [2.45, 2.75) is 51.0 Å². The quantitative estimate of drug-likeness (QED) is 0.838. The minimum Gasteiger partial charge on any atom is -0.396 e. The molecule has 5 heteroatoms. The summed E-state index contributed by atoms with van der Waals surface area (Å²) in [5.41, 5.74) is 1.95. The summed E-state index contributed by atoms with van der Waals surface area (Å²) in [6, 6.07) is 2.30. The van der Waals surface area contributed by atoms with Crippen LogP contribution in [0.25, 0.3) is 0 Å². The second-order valence-electron chi connectivity index (χ2n) is 4.69. The summed E-state index contributed by atoms with van der Waals surface area (Å²) in [5, 5.41) is 26.1. The minimum absolute atomic E-state index is 0.149. The lowest BCUT2D eigenvalue weighted by atomic mass is 9.81. The summed E-state index contributed by atoms with van der Waals surface area (Å²) in [6.45, 7) is 2.18. The van der Waals surface area contributed by atoms with Crippen LogP contribution in [0.5, 0.6) is 0 Å². The SMILES string of the molecule is CC(CCO)n1nnc(CC#N)c1C1CCC1. The first kappa shape index (κ1) is 12.1. The highest BCUT2D eigenvalue weighted by Gasteiger charge is 2.28. The van der Waals surface area contributed by atoms with Gasteiger partial charge in [-0.25, -0.2) is 4.68 Å². The second kappa shape index (κ2) is 5.28. The van der Waals surface area contributed by atoms with E-state index in [1.54, 1.807) is 0 Å². The van der Waals surface area contributed by atoms with Crippen molar-refractivity contribution in [2.24, 2.45) is 0 Å². The fraction of sp³-hybridized carbons (Fsp3) is 0.750. The van der Waals surface area contributed by atoms with E-state index in [0.717, 1.165) is 24.2 Å². The number of nitrogens with zero attached hydrogens (tertiary/aromatic N) is 4. The Bertz CT molecular complexity index is 417. The first-order valence-corrected chi connectivity index (χ1v) is 6.19. The van der Waals surface area contributed by atoms with Gasteiger partial charge in [0.25, 0.3) is 0 Å². The summed E-state index contributed by atoms with van der Waals surface area (Å²) < 4.78 is 1.91. The van der Waals surface area contributed by atoms with Gasteiger partial charge in [0, 0.05) is 12.5 Å². The minimum atomic E-state index is 0.149. The van der Waals surface area contributed by atoms with Crippen molar-refractivity contribution >= 4 is 0 Å². The van der Waals surface area contributed by atoms with Crippen molar-refractivity contribution < 1.29 is 5.11 Å². The Kier molecular flexibility index (Phi) is 3.75. The molecule has 1 aromatic heterocycles. The number of nitriles is 1. The van der Waals surface area contributed by atoms with E-state index in [-0.39, 0.29) is 12.6 Å². The van der Waals surface area contributed by atoms with Crippen molar-refractivity contribution in [1.29, 1.82) is 5.26 Å².